The van der Waals surface area contributed by atoms with Gasteiger partial charge in [-0.2, -0.15) is 0 Å². The van der Waals surface area contributed by atoms with E-state index in [4.69, 9.17) is 5.73 Å². The van der Waals surface area contributed by atoms with Gasteiger partial charge in [0.25, 0.3) is 0 Å². The first-order valence-electron chi connectivity index (χ1n) is 7.41. The second-order valence-corrected chi connectivity index (χ2v) is 5.36. The van der Waals surface area contributed by atoms with E-state index in [1.54, 1.807) is 6.33 Å². The number of carbonyl (C=O) groups excluding carboxylic acids is 1. The Kier molecular flexibility index (Phi) is 7.22. The summed E-state index contributed by atoms with van der Waals surface area (Å²) in [5.41, 5.74) is 5.61. The number of rotatable bonds is 9. The van der Waals surface area contributed by atoms with Crippen LogP contribution in [0.3, 0.4) is 0 Å². The fourth-order valence-corrected chi connectivity index (χ4v) is 2.47. The molecule has 0 radical (unpaired) electrons. The van der Waals surface area contributed by atoms with Gasteiger partial charge in [-0.15, -0.1) is 10.2 Å². The fourth-order valence-electron chi connectivity index (χ4n) is 2.47. The lowest BCUT2D eigenvalue weighted by Crippen LogP contribution is -2.28. The molecule has 1 aromatic rings. The van der Waals surface area contributed by atoms with Gasteiger partial charge in [-0.25, -0.2) is 0 Å². The topological polar surface area (TPSA) is 85.8 Å². The van der Waals surface area contributed by atoms with Crippen molar-refractivity contribution in [2.24, 2.45) is 18.7 Å². The third-order valence-corrected chi connectivity index (χ3v) is 3.56. The zero-order valence-electron chi connectivity index (χ0n) is 12.8. The summed E-state index contributed by atoms with van der Waals surface area (Å²) in [6.45, 7) is 4.78. The van der Waals surface area contributed by atoms with Crippen molar-refractivity contribution < 1.29 is 4.79 Å². The maximum atomic E-state index is 12.0. The minimum Gasteiger partial charge on any atom is -0.346 e. The number of nitrogens with two attached hydrogens (primary N) is 1. The van der Waals surface area contributed by atoms with Gasteiger partial charge in [-0.1, -0.05) is 19.8 Å². The van der Waals surface area contributed by atoms with Gasteiger partial charge in [0.05, 0.1) is 6.04 Å². The van der Waals surface area contributed by atoms with E-state index < -0.39 is 0 Å². The van der Waals surface area contributed by atoms with Gasteiger partial charge < -0.3 is 15.6 Å². The molecule has 0 fully saturated rings. The van der Waals surface area contributed by atoms with Crippen LogP contribution >= 0.6 is 0 Å². The van der Waals surface area contributed by atoms with Crippen LogP contribution in [0.1, 0.15) is 57.8 Å². The molecular weight excluding hydrogens is 254 g/mol. The number of hydrogen-bond acceptors (Lipinski definition) is 4. The second-order valence-electron chi connectivity index (χ2n) is 5.36. The van der Waals surface area contributed by atoms with Gasteiger partial charge in [-0.3, -0.25) is 4.79 Å². The second kappa shape index (κ2) is 8.68. The van der Waals surface area contributed by atoms with Crippen molar-refractivity contribution in [3.05, 3.63) is 12.2 Å². The summed E-state index contributed by atoms with van der Waals surface area (Å²) in [5, 5.41) is 10.8. The van der Waals surface area contributed by atoms with Gasteiger partial charge in [0.1, 0.15) is 6.33 Å². The molecule has 6 nitrogen and oxygen atoms in total. The van der Waals surface area contributed by atoms with Crippen LogP contribution in [0.15, 0.2) is 6.33 Å². The van der Waals surface area contributed by atoms with Crippen molar-refractivity contribution in [3.63, 3.8) is 0 Å². The largest absolute Gasteiger partial charge is 0.346 e. The van der Waals surface area contributed by atoms with E-state index in [1.165, 1.54) is 0 Å². The lowest BCUT2D eigenvalue weighted by molar-refractivity contribution is -0.122. The van der Waals surface area contributed by atoms with Crippen molar-refractivity contribution >= 4 is 5.91 Å². The summed E-state index contributed by atoms with van der Waals surface area (Å²) in [4.78, 5) is 12.0. The first-order chi connectivity index (χ1) is 9.58. The van der Waals surface area contributed by atoms with E-state index in [0.717, 1.165) is 31.5 Å². The molecule has 2 atom stereocenters. The maximum absolute atomic E-state index is 12.0. The van der Waals surface area contributed by atoms with E-state index in [2.05, 4.69) is 22.4 Å². The minimum absolute atomic E-state index is 0.0682. The molecule has 2 unspecified atom stereocenters. The Labute approximate surface area is 121 Å². The molecule has 0 bridgehead atoms. The number of carbonyl (C=O) groups is 1. The van der Waals surface area contributed by atoms with Crippen LogP contribution in [0.2, 0.25) is 0 Å². The number of aromatic nitrogens is 3. The van der Waals surface area contributed by atoms with Gasteiger partial charge in [0.15, 0.2) is 5.82 Å². The molecule has 1 aromatic heterocycles. The van der Waals surface area contributed by atoms with Crippen LogP contribution in [-0.2, 0) is 11.8 Å². The molecule has 0 saturated heterocycles. The molecule has 20 heavy (non-hydrogen) atoms. The van der Waals surface area contributed by atoms with E-state index in [1.807, 2.05) is 18.5 Å². The van der Waals surface area contributed by atoms with Crippen molar-refractivity contribution in [1.82, 2.24) is 20.1 Å². The highest BCUT2D eigenvalue weighted by atomic mass is 16.1. The Morgan fingerprint density at radius 3 is 2.75 bits per heavy atom. The van der Waals surface area contributed by atoms with E-state index >= 15 is 0 Å². The summed E-state index contributed by atoms with van der Waals surface area (Å²) >= 11 is 0. The van der Waals surface area contributed by atoms with Gasteiger partial charge in [-0.05, 0) is 32.2 Å². The molecule has 1 rings (SSSR count). The number of hydrogen-bond donors (Lipinski definition) is 2. The van der Waals surface area contributed by atoms with Crippen molar-refractivity contribution in [2.75, 3.05) is 6.54 Å². The molecule has 0 spiro atoms. The zero-order chi connectivity index (χ0) is 15.0. The van der Waals surface area contributed by atoms with Crippen LogP contribution < -0.4 is 11.1 Å². The molecule has 0 aliphatic rings. The Bertz CT molecular complexity index is 398. The quantitative estimate of drug-likeness (QED) is 0.719. The SMILES string of the molecule is CCCC(CCN)CCC(=O)NC(C)c1nncn1C. The average Bonchev–Trinajstić information content (AvgIpc) is 2.83. The highest BCUT2D eigenvalue weighted by molar-refractivity contribution is 5.76. The smallest absolute Gasteiger partial charge is 0.220 e. The lowest BCUT2D eigenvalue weighted by atomic mass is 9.94. The Balaban J connectivity index is 2.37. The molecule has 0 aliphatic heterocycles. The van der Waals surface area contributed by atoms with E-state index in [9.17, 15) is 4.79 Å². The average molecular weight is 281 g/mol. The zero-order valence-corrected chi connectivity index (χ0v) is 12.8. The molecule has 3 N–H and O–H groups in total. The van der Waals surface area contributed by atoms with Crippen molar-refractivity contribution in [1.29, 1.82) is 0 Å². The van der Waals surface area contributed by atoms with Gasteiger partial charge in [0.2, 0.25) is 5.91 Å². The fraction of sp³-hybridized carbons (Fsp3) is 0.786. The number of amides is 1. The predicted octanol–water partition coefficient (Wildman–Crippen LogP) is 1.54. The van der Waals surface area contributed by atoms with Gasteiger partial charge in [0, 0.05) is 13.5 Å². The molecular formula is C14H27N5O. The summed E-state index contributed by atoms with van der Waals surface area (Å²) in [5.74, 6) is 1.39. The molecule has 114 valence electrons. The number of nitrogens with one attached hydrogen (secondary N) is 1. The first kappa shape index (κ1) is 16.6. The third-order valence-electron chi connectivity index (χ3n) is 3.56. The van der Waals surface area contributed by atoms with Gasteiger partial charge >= 0.3 is 0 Å². The summed E-state index contributed by atoms with van der Waals surface area (Å²) in [7, 11) is 1.87. The molecule has 0 aromatic carbocycles. The maximum Gasteiger partial charge on any atom is 0.220 e. The third kappa shape index (κ3) is 5.28. The highest BCUT2D eigenvalue weighted by Gasteiger charge is 2.15. The minimum atomic E-state index is -0.117. The Morgan fingerprint density at radius 2 is 2.20 bits per heavy atom. The number of nitrogens with zero attached hydrogens (tertiary/aromatic N) is 3. The van der Waals surface area contributed by atoms with Crippen LogP contribution in [0.5, 0.6) is 0 Å². The molecule has 1 heterocycles. The highest BCUT2D eigenvalue weighted by Crippen LogP contribution is 2.17. The molecule has 6 heteroatoms. The Hall–Kier alpha value is -1.43. The standard InChI is InChI=1S/C14H27N5O/c1-4-5-12(8-9-15)6-7-13(20)17-11(2)14-18-16-10-19(14)3/h10-12H,4-9,15H2,1-3H3,(H,17,20). The predicted molar refractivity (Wildman–Crippen MR) is 78.9 cm³/mol. The Morgan fingerprint density at radius 1 is 1.45 bits per heavy atom. The van der Waals surface area contributed by atoms with Crippen LogP contribution in [0, 0.1) is 5.92 Å². The molecule has 0 saturated carbocycles. The van der Waals surface area contributed by atoms with E-state index in [0.29, 0.717) is 18.9 Å². The molecule has 1 amide bonds. The number of aryl methyl sites for hydroxylation is 1. The van der Waals surface area contributed by atoms with Crippen molar-refractivity contribution in [3.8, 4) is 0 Å². The summed E-state index contributed by atoms with van der Waals surface area (Å²) in [6, 6.07) is -0.117. The van der Waals surface area contributed by atoms with Crippen LogP contribution in [0.4, 0.5) is 0 Å². The van der Waals surface area contributed by atoms with Crippen LogP contribution in [-0.4, -0.2) is 27.2 Å². The first-order valence-corrected chi connectivity index (χ1v) is 7.41. The van der Waals surface area contributed by atoms with E-state index in [-0.39, 0.29) is 11.9 Å². The molecule has 0 aliphatic carbocycles. The summed E-state index contributed by atoms with van der Waals surface area (Å²) in [6.07, 6.45) is 6.37. The van der Waals surface area contributed by atoms with Crippen LogP contribution in [0.25, 0.3) is 0 Å². The van der Waals surface area contributed by atoms with Crippen molar-refractivity contribution in [2.45, 2.75) is 52.0 Å². The summed E-state index contributed by atoms with van der Waals surface area (Å²) < 4.78 is 1.82. The normalized spacial score (nSPS) is 14.0. The monoisotopic (exact) mass is 281 g/mol. The lowest BCUT2D eigenvalue weighted by Gasteiger charge is -2.16.